The van der Waals surface area contributed by atoms with E-state index < -0.39 is 6.10 Å². The molecule has 0 spiro atoms. The van der Waals surface area contributed by atoms with Crippen LogP contribution in [0.1, 0.15) is 37.3 Å². The quantitative estimate of drug-likeness (QED) is 0.743. The fourth-order valence-electron chi connectivity index (χ4n) is 5.44. The summed E-state index contributed by atoms with van der Waals surface area (Å²) in [5.74, 6) is 0.00533. The Labute approximate surface area is 189 Å². The zero-order valence-corrected chi connectivity index (χ0v) is 18.4. The summed E-state index contributed by atoms with van der Waals surface area (Å²) in [6, 6.07) is 20.1. The first-order valence-corrected chi connectivity index (χ1v) is 11.8. The van der Waals surface area contributed by atoms with Crippen molar-refractivity contribution in [2.24, 2.45) is 0 Å². The van der Waals surface area contributed by atoms with E-state index in [2.05, 4.69) is 17.0 Å². The van der Waals surface area contributed by atoms with Gasteiger partial charge in [-0.25, -0.2) is 0 Å². The maximum atomic E-state index is 13.7. The Morgan fingerprint density at radius 2 is 1.47 bits per heavy atom. The third-order valence-corrected chi connectivity index (χ3v) is 7.08. The highest BCUT2D eigenvalue weighted by Crippen LogP contribution is 2.37. The van der Waals surface area contributed by atoms with Crippen molar-refractivity contribution in [2.75, 3.05) is 37.7 Å². The molecule has 32 heavy (non-hydrogen) atoms. The van der Waals surface area contributed by atoms with Gasteiger partial charge in [0.15, 0.2) is 6.10 Å². The number of benzene rings is 2. The van der Waals surface area contributed by atoms with Crippen LogP contribution in [0, 0.1) is 0 Å². The number of nitrogens with zero attached hydrogens (tertiary/aromatic N) is 3. The van der Waals surface area contributed by atoms with E-state index in [1.807, 2.05) is 58.3 Å². The molecule has 2 aromatic rings. The first kappa shape index (κ1) is 21.0. The van der Waals surface area contributed by atoms with E-state index in [1.54, 1.807) is 0 Å². The lowest BCUT2D eigenvalue weighted by molar-refractivity contribution is -0.172. The molecule has 2 heterocycles. The van der Waals surface area contributed by atoms with Crippen molar-refractivity contribution >= 4 is 17.5 Å². The molecule has 168 valence electrons. The smallest absolute Gasteiger partial charge is 0.254 e. The first-order valence-electron chi connectivity index (χ1n) is 11.8. The summed E-state index contributed by atoms with van der Waals surface area (Å²) in [6.45, 7) is 2.90. The molecular weight excluding hydrogens is 402 g/mol. The molecule has 2 aromatic carbocycles. The zero-order valence-electron chi connectivity index (χ0n) is 18.4. The Hall–Kier alpha value is -2.86. The zero-order chi connectivity index (χ0) is 21.9. The van der Waals surface area contributed by atoms with Gasteiger partial charge in [0.2, 0.25) is 5.91 Å². The molecule has 3 fully saturated rings. The number of rotatable bonds is 4. The summed E-state index contributed by atoms with van der Waals surface area (Å²) in [5, 5.41) is 0. The number of carbonyl (C=O) groups is 2. The third-order valence-electron chi connectivity index (χ3n) is 7.08. The first-order chi connectivity index (χ1) is 15.7. The van der Waals surface area contributed by atoms with Crippen LogP contribution in [0.25, 0.3) is 0 Å². The normalized spacial score (nSPS) is 24.8. The van der Waals surface area contributed by atoms with Crippen LogP contribution in [0.2, 0.25) is 0 Å². The van der Waals surface area contributed by atoms with Crippen LogP contribution in [0.3, 0.4) is 0 Å². The molecule has 0 aromatic heterocycles. The van der Waals surface area contributed by atoms with Gasteiger partial charge >= 0.3 is 0 Å². The summed E-state index contributed by atoms with van der Waals surface area (Å²) in [5.41, 5.74) is 2.17. The average molecular weight is 434 g/mol. The summed E-state index contributed by atoms with van der Waals surface area (Å²) >= 11 is 0. The van der Waals surface area contributed by atoms with Crippen molar-refractivity contribution in [1.82, 2.24) is 9.80 Å². The molecule has 1 saturated carbocycles. The van der Waals surface area contributed by atoms with Gasteiger partial charge in [-0.2, -0.15) is 0 Å². The van der Waals surface area contributed by atoms with Crippen molar-refractivity contribution in [3.63, 3.8) is 0 Å². The molecule has 5 rings (SSSR count). The van der Waals surface area contributed by atoms with E-state index >= 15 is 0 Å². The van der Waals surface area contributed by atoms with Gasteiger partial charge in [0, 0.05) is 37.9 Å². The summed E-state index contributed by atoms with van der Waals surface area (Å²) < 4.78 is 5.98. The molecule has 0 bridgehead atoms. The molecular formula is C26H31N3O3. The maximum absolute atomic E-state index is 13.7. The summed E-state index contributed by atoms with van der Waals surface area (Å²) in [4.78, 5) is 32.9. The molecule has 2 atom stereocenters. The van der Waals surface area contributed by atoms with Crippen LogP contribution in [-0.2, 0) is 14.3 Å². The van der Waals surface area contributed by atoms with E-state index in [9.17, 15) is 9.59 Å². The fraction of sp³-hybridized carbons (Fsp3) is 0.462. The van der Waals surface area contributed by atoms with Crippen molar-refractivity contribution in [3.8, 4) is 0 Å². The molecule has 0 N–H and O–H groups in total. The van der Waals surface area contributed by atoms with Crippen molar-refractivity contribution in [1.29, 1.82) is 0 Å². The number of hydrogen-bond acceptors (Lipinski definition) is 4. The summed E-state index contributed by atoms with van der Waals surface area (Å²) in [6.07, 6.45) is 3.63. The number of ether oxygens (including phenoxy) is 1. The number of hydrogen-bond donors (Lipinski definition) is 0. The van der Waals surface area contributed by atoms with Gasteiger partial charge in [-0.15, -0.1) is 0 Å². The van der Waals surface area contributed by atoms with Crippen molar-refractivity contribution < 1.29 is 14.3 Å². The molecule has 6 nitrogen and oxygen atoms in total. The van der Waals surface area contributed by atoms with Crippen molar-refractivity contribution in [3.05, 3.63) is 66.2 Å². The fourth-order valence-corrected chi connectivity index (χ4v) is 5.44. The monoisotopic (exact) mass is 433 g/mol. The minimum Gasteiger partial charge on any atom is -0.368 e. The Morgan fingerprint density at radius 3 is 2.12 bits per heavy atom. The largest absolute Gasteiger partial charge is 0.368 e. The number of anilines is 1. The van der Waals surface area contributed by atoms with Gasteiger partial charge < -0.3 is 19.4 Å². The molecule has 2 aliphatic heterocycles. The van der Waals surface area contributed by atoms with Crippen LogP contribution in [0.15, 0.2) is 60.7 Å². The minimum atomic E-state index is -0.654. The lowest BCUT2D eigenvalue weighted by Crippen LogP contribution is -2.59. The van der Waals surface area contributed by atoms with Crippen LogP contribution >= 0.6 is 0 Å². The number of carbonyl (C=O) groups excluding carboxylic acids is 2. The van der Waals surface area contributed by atoms with Gasteiger partial charge in [-0.05, 0) is 30.5 Å². The Balaban J connectivity index is 1.36. The van der Waals surface area contributed by atoms with E-state index in [-0.39, 0.29) is 30.5 Å². The van der Waals surface area contributed by atoms with Crippen LogP contribution in [-0.4, -0.2) is 66.5 Å². The molecule has 3 aliphatic rings. The SMILES string of the molecule is O=C([C@@H]1OCC(=O)N(C2CCCC2)[C@H]1c1ccccc1)N1CCN(c2ccccc2)CC1. The van der Waals surface area contributed by atoms with E-state index in [1.165, 1.54) is 5.69 Å². The highest BCUT2D eigenvalue weighted by Gasteiger charge is 2.46. The number of para-hydroxylation sites is 1. The third kappa shape index (κ3) is 4.11. The second-order valence-electron chi connectivity index (χ2n) is 8.97. The second kappa shape index (κ2) is 9.33. The van der Waals surface area contributed by atoms with Crippen LogP contribution in [0.5, 0.6) is 0 Å². The van der Waals surface area contributed by atoms with E-state index in [0.29, 0.717) is 13.1 Å². The molecule has 6 heteroatoms. The lowest BCUT2D eigenvalue weighted by Gasteiger charge is -2.46. The predicted octanol–water partition coefficient (Wildman–Crippen LogP) is 3.25. The number of piperazine rings is 1. The van der Waals surface area contributed by atoms with Gasteiger partial charge in [0.05, 0.1) is 6.04 Å². The van der Waals surface area contributed by atoms with Gasteiger partial charge in [-0.3, -0.25) is 9.59 Å². The second-order valence-corrected chi connectivity index (χ2v) is 8.97. The Bertz CT molecular complexity index is 922. The van der Waals surface area contributed by atoms with Crippen LogP contribution in [0.4, 0.5) is 5.69 Å². The molecule has 1 aliphatic carbocycles. The van der Waals surface area contributed by atoms with Crippen molar-refractivity contribution in [2.45, 2.75) is 43.9 Å². The molecule has 0 radical (unpaired) electrons. The average Bonchev–Trinajstić information content (AvgIpc) is 3.39. The molecule has 0 unspecified atom stereocenters. The van der Waals surface area contributed by atoms with Gasteiger partial charge in [0.25, 0.3) is 5.91 Å². The predicted molar refractivity (Wildman–Crippen MR) is 123 cm³/mol. The lowest BCUT2D eigenvalue weighted by atomic mass is 9.94. The van der Waals surface area contributed by atoms with E-state index in [0.717, 1.165) is 44.3 Å². The Morgan fingerprint density at radius 1 is 0.844 bits per heavy atom. The highest BCUT2D eigenvalue weighted by molar-refractivity contribution is 5.87. The standard InChI is InChI=1S/C26H31N3O3/c30-23-19-32-25(24(20-9-3-1-4-10-20)29(23)22-13-7-8-14-22)26(31)28-17-15-27(16-18-28)21-11-5-2-6-12-21/h1-6,9-12,22,24-25H,7-8,13-19H2/t24-,25+/m0/s1. The van der Waals surface area contributed by atoms with E-state index in [4.69, 9.17) is 4.74 Å². The number of amides is 2. The topological polar surface area (TPSA) is 53.1 Å². The molecule has 2 saturated heterocycles. The summed E-state index contributed by atoms with van der Waals surface area (Å²) in [7, 11) is 0. The number of morpholine rings is 1. The van der Waals surface area contributed by atoms with Gasteiger partial charge in [0.1, 0.15) is 6.61 Å². The maximum Gasteiger partial charge on any atom is 0.254 e. The van der Waals surface area contributed by atoms with Gasteiger partial charge in [-0.1, -0.05) is 61.4 Å². The molecule has 2 amide bonds. The van der Waals surface area contributed by atoms with Crippen LogP contribution < -0.4 is 4.90 Å². The Kier molecular flexibility index (Phi) is 6.12. The minimum absolute atomic E-state index is 0.00191. The highest BCUT2D eigenvalue weighted by atomic mass is 16.5.